The zero-order chi connectivity index (χ0) is 21.2. The lowest BCUT2D eigenvalue weighted by Crippen LogP contribution is -2.51. The molecule has 1 saturated heterocycles. The number of H-pyrrole nitrogens is 1. The summed E-state index contributed by atoms with van der Waals surface area (Å²) in [4.78, 5) is 33.4. The molecule has 1 aromatic carbocycles. The molecule has 2 aromatic rings. The van der Waals surface area contributed by atoms with Gasteiger partial charge in [-0.25, -0.2) is 9.78 Å². The number of aromatic amines is 1. The van der Waals surface area contributed by atoms with Crippen molar-refractivity contribution in [1.29, 1.82) is 0 Å². The van der Waals surface area contributed by atoms with E-state index in [1.165, 1.54) is 38.5 Å². The lowest BCUT2D eigenvalue weighted by molar-refractivity contribution is -0.133. The van der Waals surface area contributed by atoms with Crippen LogP contribution >= 0.6 is 0 Å². The molecule has 0 unspecified atom stereocenters. The highest BCUT2D eigenvalue weighted by molar-refractivity contribution is 5.89. The highest BCUT2D eigenvalue weighted by atomic mass is 16.2. The molecule has 5 rings (SSSR count). The van der Waals surface area contributed by atoms with Crippen LogP contribution in [0.2, 0.25) is 0 Å². The third-order valence-corrected chi connectivity index (χ3v) is 6.72. The zero-order valence-electron chi connectivity index (χ0n) is 17.8. The van der Waals surface area contributed by atoms with Crippen LogP contribution in [0, 0.1) is 5.92 Å². The van der Waals surface area contributed by atoms with E-state index in [4.69, 9.17) is 0 Å². The van der Waals surface area contributed by atoms with Gasteiger partial charge in [0.1, 0.15) is 5.82 Å². The smallest absolute Gasteiger partial charge is 0.321 e. The minimum Gasteiger partial charge on any atom is -0.339 e. The molecule has 0 bridgehead atoms. The van der Waals surface area contributed by atoms with E-state index in [1.807, 2.05) is 29.2 Å². The lowest BCUT2D eigenvalue weighted by Gasteiger charge is -2.35. The first-order chi connectivity index (χ1) is 15.2. The third-order valence-electron chi connectivity index (χ3n) is 6.72. The first-order valence-electron chi connectivity index (χ1n) is 11.5. The minimum atomic E-state index is -0.121. The number of carbonyl (C=O) groups is 2. The first kappa shape index (κ1) is 20.0. The Morgan fingerprint density at radius 1 is 0.968 bits per heavy atom. The molecule has 8 heteroatoms. The van der Waals surface area contributed by atoms with Gasteiger partial charge in [0.05, 0.1) is 0 Å². The number of nitrogens with one attached hydrogen (secondary N) is 2. The van der Waals surface area contributed by atoms with E-state index in [9.17, 15) is 9.59 Å². The van der Waals surface area contributed by atoms with Crippen LogP contribution in [0.25, 0.3) is 11.4 Å². The summed E-state index contributed by atoms with van der Waals surface area (Å²) in [6, 6.07) is 7.48. The maximum absolute atomic E-state index is 12.6. The van der Waals surface area contributed by atoms with Crippen molar-refractivity contribution < 1.29 is 9.59 Å². The average molecular weight is 423 g/mol. The second-order valence-electron chi connectivity index (χ2n) is 9.05. The van der Waals surface area contributed by atoms with Crippen molar-refractivity contribution in [1.82, 2.24) is 25.0 Å². The van der Waals surface area contributed by atoms with E-state index in [0.29, 0.717) is 50.3 Å². The van der Waals surface area contributed by atoms with E-state index >= 15 is 0 Å². The molecule has 1 aliphatic heterocycles. The Bertz CT molecular complexity index is 922. The van der Waals surface area contributed by atoms with Gasteiger partial charge in [0.15, 0.2) is 5.82 Å². The van der Waals surface area contributed by atoms with E-state index in [2.05, 4.69) is 20.5 Å². The molecular weight excluding hydrogens is 392 g/mol. The molecule has 2 aliphatic carbocycles. The van der Waals surface area contributed by atoms with Gasteiger partial charge in [0.2, 0.25) is 5.91 Å². The van der Waals surface area contributed by atoms with Gasteiger partial charge in [0.25, 0.3) is 0 Å². The van der Waals surface area contributed by atoms with E-state index < -0.39 is 0 Å². The molecule has 2 N–H and O–H groups in total. The summed E-state index contributed by atoms with van der Waals surface area (Å²) < 4.78 is 0. The Morgan fingerprint density at radius 2 is 1.65 bits per heavy atom. The molecule has 0 radical (unpaired) electrons. The molecule has 3 aliphatic rings. The number of hydrogen-bond donors (Lipinski definition) is 2. The molecule has 2 heterocycles. The van der Waals surface area contributed by atoms with Crippen LogP contribution in [0.15, 0.2) is 24.3 Å². The maximum atomic E-state index is 12.6. The molecule has 0 spiro atoms. The van der Waals surface area contributed by atoms with Crippen molar-refractivity contribution >= 4 is 17.6 Å². The topological polar surface area (TPSA) is 94.2 Å². The maximum Gasteiger partial charge on any atom is 0.321 e. The van der Waals surface area contributed by atoms with Crippen molar-refractivity contribution in [2.24, 2.45) is 5.92 Å². The zero-order valence-corrected chi connectivity index (χ0v) is 17.8. The van der Waals surface area contributed by atoms with Crippen molar-refractivity contribution in [3.05, 3.63) is 30.1 Å². The van der Waals surface area contributed by atoms with Gasteiger partial charge in [0, 0.05) is 49.8 Å². The van der Waals surface area contributed by atoms with Gasteiger partial charge in [-0.15, -0.1) is 0 Å². The fourth-order valence-corrected chi connectivity index (χ4v) is 4.60. The summed E-state index contributed by atoms with van der Waals surface area (Å²) in [5.74, 6) is 3.01. The van der Waals surface area contributed by atoms with Gasteiger partial charge in [-0.2, -0.15) is 5.10 Å². The molecule has 3 amide bonds. The first-order valence-corrected chi connectivity index (χ1v) is 11.5. The van der Waals surface area contributed by atoms with Crippen LogP contribution < -0.4 is 5.32 Å². The number of urea groups is 1. The van der Waals surface area contributed by atoms with Crippen LogP contribution in [0.3, 0.4) is 0 Å². The Labute approximate surface area is 182 Å². The van der Waals surface area contributed by atoms with Gasteiger partial charge in [-0.1, -0.05) is 12.8 Å². The van der Waals surface area contributed by atoms with E-state index in [1.54, 1.807) is 4.90 Å². The molecule has 31 heavy (non-hydrogen) atoms. The van der Waals surface area contributed by atoms with Crippen LogP contribution in [0.4, 0.5) is 10.5 Å². The summed E-state index contributed by atoms with van der Waals surface area (Å²) >= 11 is 0. The Hall–Kier alpha value is -2.90. The Morgan fingerprint density at radius 3 is 2.32 bits per heavy atom. The number of anilines is 1. The fraction of sp³-hybridized carbons (Fsp3) is 0.565. The summed E-state index contributed by atoms with van der Waals surface area (Å²) in [5.41, 5.74) is 1.67. The van der Waals surface area contributed by atoms with Crippen LogP contribution in [-0.4, -0.2) is 63.1 Å². The number of benzene rings is 1. The van der Waals surface area contributed by atoms with E-state index in [-0.39, 0.29) is 11.9 Å². The molecular formula is C23H30N6O2. The fourth-order valence-electron chi connectivity index (χ4n) is 4.60. The number of amides is 3. The lowest BCUT2D eigenvalue weighted by atomic mass is 10.0. The molecule has 1 aromatic heterocycles. The number of nitrogens with zero attached hydrogens (tertiary/aromatic N) is 4. The van der Waals surface area contributed by atoms with Crippen molar-refractivity contribution in [3.8, 4) is 11.4 Å². The number of aromatic nitrogens is 3. The average Bonchev–Trinajstić information content (AvgIpc) is 3.30. The van der Waals surface area contributed by atoms with Gasteiger partial charge in [-0.05, 0) is 55.9 Å². The Balaban J connectivity index is 1.10. The SMILES string of the molecule is O=C(CC1CCCC1)N1CCN(C(=O)Nc2ccc(-c3n[nH]c(C4CC4)n3)cc2)CC1. The number of rotatable bonds is 5. The van der Waals surface area contributed by atoms with Crippen molar-refractivity contribution in [2.45, 2.75) is 50.9 Å². The summed E-state index contributed by atoms with van der Waals surface area (Å²) in [6.45, 7) is 2.38. The molecule has 164 valence electrons. The summed E-state index contributed by atoms with van der Waals surface area (Å²) in [7, 11) is 0. The van der Waals surface area contributed by atoms with Crippen LogP contribution in [0.5, 0.6) is 0 Å². The number of hydrogen-bond acceptors (Lipinski definition) is 4. The highest BCUT2D eigenvalue weighted by Crippen LogP contribution is 2.38. The predicted octanol–water partition coefficient (Wildman–Crippen LogP) is 3.61. The van der Waals surface area contributed by atoms with Gasteiger partial charge >= 0.3 is 6.03 Å². The second kappa shape index (κ2) is 8.69. The van der Waals surface area contributed by atoms with E-state index in [0.717, 1.165) is 17.1 Å². The van der Waals surface area contributed by atoms with Gasteiger partial charge < -0.3 is 15.1 Å². The Kier molecular flexibility index (Phi) is 5.61. The van der Waals surface area contributed by atoms with Crippen molar-refractivity contribution in [2.75, 3.05) is 31.5 Å². The third kappa shape index (κ3) is 4.73. The minimum absolute atomic E-state index is 0.121. The monoisotopic (exact) mass is 422 g/mol. The summed E-state index contributed by atoms with van der Waals surface area (Å²) in [6.07, 6.45) is 7.92. The largest absolute Gasteiger partial charge is 0.339 e. The quantitative estimate of drug-likeness (QED) is 0.770. The second-order valence-corrected chi connectivity index (χ2v) is 9.05. The number of piperazine rings is 1. The van der Waals surface area contributed by atoms with Crippen LogP contribution in [-0.2, 0) is 4.79 Å². The van der Waals surface area contributed by atoms with Crippen molar-refractivity contribution in [3.63, 3.8) is 0 Å². The van der Waals surface area contributed by atoms with Crippen LogP contribution in [0.1, 0.15) is 56.7 Å². The highest BCUT2D eigenvalue weighted by Gasteiger charge is 2.28. The van der Waals surface area contributed by atoms with Gasteiger partial charge in [-0.3, -0.25) is 9.89 Å². The molecule has 2 saturated carbocycles. The molecule has 8 nitrogen and oxygen atoms in total. The molecule has 3 fully saturated rings. The number of carbonyl (C=O) groups excluding carboxylic acids is 2. The predicted molar refractivity (Wildman–Crippen MR) is 118 cm³/mol. The summed E-state index contributed by atoms with van der Waals surface area (Å²) in [5, 5.41) is 10.3. The molecule has 0 atom stereocenters. The normalized spacial score (nSPS) is 19.6. The standard InChI is InChI=1S/C23H30N6O2/c30-20(15-16-3-1-2-4-16)28-11-13-29(14-12-28)23(31)24-19-9-7-18(8-10-19)22-25-21(26-27-22)17-5-6-17/h7-10,16-17H,1-6,11-15H2,(H,24,31)(H,25,26,27).